The number of nitrogens with zero attached hydrogens (tertiary/aromatic N) is 1. The van der Waals surface area contributed by atoms with E-state index in [1.165, 1.54) is 6.07 Å². The van der Waals surface area contributed by atoms with Crippen molar-refractivity contribution < 1.29 is 14.8 Å². The van der Waals surface area contributed by atoms with Crippen LogP contribution in [0, 0.1) is 16.0 Å². The van der Waals surface area contributed by atoms with E-state index in [0.717, 1.165) is 12.8 Å². The molecule has 0 spiro atoms. The van der Waals surface area contributed by atoms with E-state index in [4.69, 9.17) is 0 Å². The lowest BCUT2D eigenvalue weighted by Gasteiger charge is -2.28. The number of nitro benzene ring substituents is 1. The smallest absolute Gasteiger partial charge is 0.307 e. The van der Waals surface area contributed by atoms with Crippen molar-refractivity contribution in [3.05, 3.63) is 39.9 Å². The monoisotopic (exact) mass is 249 g/mol. The fourth-order valence-electron chi connectivity index (χ4n) is 2.77. The van der Waals surface area contributed by atoms with Gasteiger partial charge >= 0.3 is 5.97 Å². The van der Waals surface area contributed by atoms with Crippen LogP contribution in [0.2, 0.25) is 0 Å². The molecule has 2 rings (SSSR count). The minimum absolute atomic E-state index is 0.0376. The van der Waals surface area contributed by atoms with Crippen molar-refractivity contribution in [1.29, 1.82) is 0 Å². The van der Waals surface area contributed by atoms with Crippen LogP contribution in [0.1, 0.15) is 37.2 Å². The normalized spacial score (nSPS) is 23.6. The zero-order chi connectivity index (χ0) is 13.1. The van der Waals surface area contributed by atoms with Gasteiger partial charge in [-0.3, -0.25) is 14.9 Å². The van der Waals surface area contributed by atoms with E-state index in [0.29, 0.717) is 18.4 Å². The van der Waals surface area contributed by atoms with Crippen LogP contribution in [-0.2, 0) is 4.79 Å². The quantitative estimate of drug-likeness (QED) is 0.659. The summed E-state index contributed by atoms with van der Waals surface area (Å²) in [5.41, 5.74) is 0.602. The molecule has 5 heteroatoms. The maximum absolute atomic E-state index is 11.2. The lowest BCUT2D eigenvalue weighted by atomic mass is 9.75. The van der Waals surface area contributed by atoms with Crippen molar-refractivity contribution in [3.63, 3.8) is 0 Å². The average molecular weight is 249 g/mol. The second-order valence-electron chi connectivity index (χ2n) is 4.65. The lowest BCUT2D eigenvalue weighted by Crippen LogP contribution is -2.25. The van der Waals surface area contributed by atoms with Gasteiger partial charge in [-0.25, -0.2) is 0 Å². The Morgan fingerprint density at radius 1 is 1.28 bits per heavy atom. The molecule has 1 aromatic carbocycles. The summed E-state index contributed by atoms with van der Waals surface area (Å²) in [4.78, 5) is 21.8. The standard InChI is InChI=1S/C13H15NO4/c15-13(16)11-7-2-1-5-9(11)10-6-3-4-8-12(10)14(17)18/h3-4,6,8-9,11H,1-2,5,7H2,(H,15,16). The highest BCUT2D eigenvalue weighted by molar-refractivity contribution is 5.72. The number of hydrogen-bond donors (Lipinski definition) is 1. The Morgan fingerprint density at radius 2 is 1.94 bits per heavy atom. The highest BCUT2D eigenvalue weighted by atomic mass is 16.6. The summed E-state index contributed by atoms with van der Waals surface area (Å²) < 4.78 is 0. The van der Waals surface area contributed by atoms with Crippen molar-refractivity contribution >= 4 is 11.7 Å². The summed E-state index contributed by atoms with van der Waals surface area (Å²) in [6.07, 6.45) is 3.13. The number of benzene rings is 1. The molecule has 2 atom stereocenters. The molecule has 1 aromatic rings. The average Bonchev–Trinajstić information content (AvgIpc) is 2.38. The number of carbonyl (C=O) groups is 1. The third-order valence-electron chi connectivity index (χ3n) is 3.62. The van der Waals surface area contributed by atoms with Crippen LogP contribution in [0.4, 0.5) is 5.69 Å². The van der Waals surface area contributed by atoms with E-state index >= 15 is 0 Å². The number of aliphatic carboxylic acids is 1. The van der Waals surface area contributed by atoms with Gasteiger partial charge in [-0.15, -0.1) is 0 Å². The maximum atomic E-state index is 11.2. The zero-order valence-corrected chi connectivity index (χ0v) is 9.91. The highest BCUT2D eigenvalue weighted by Crippen LogP contribution is 2.41. The van der Waals surface area contributed by atoms with Crippen LogP contribution in [-0.4, -0.2) is 16.0 Å². The largest absolute Gasteiger partial charge is 0.481 e. The van der Waals surface area contributed by atoms with Gasteiger partial charge < -0.3 is 5.11 Å². The van der Waals surface area contributed by atoms with Gasteiger partial charge in [0.1, 0.15) is 0 Å². The van der Waals surface area contributed by atoms with E-state index in [9.17, 15) is 20.0 Å². The Hall–Kier alpha value is -1.91. The molecule has 1 aliphatic carbocycles. The molecule has 96 valence electrons. The Labute approximate surface area is 105 Å². The van der Waals surface area contributed by atoms with Gasteiger partial charge in [0.15, 0.2) is 0 Å². The van der Waals surface area contributed by atoms with Crippen molar-refractivity contribution in [2.45, 2.75) is 31.6 Å². The van der Waals surface area contributed by atoms with E-state index in [-0.39, 0.29) is 11.6 Å². The van der Waals surface area contributed by atoms with E-state index in [2.05, 4.69) is 0 Å². The van der Waals surface area contributed by atoms with Crippen LogP contribution in [0.5, 0.6) is 0 Å². The Balaban J connectivity index is 2.39. The van der Waals surface area contributed by atoms with Crippen molar-refractivity contribution in [2.24, 2.45) is 5.92 Å². The molecule has 0 aromatic heterocycles. The number of carboxylic acids is 1. The second-order valence-corrected chi connectivity index (χ2v) is 4.65. The second kappa shape index (κ2) is 5.16. The number of carboxylic acid groups (broad SMARTS) is 1. The first-order valence-electron chi connectivity index (χ1n) is 6.07. The third-order valence-corrected chi connectivity index (χ3v) is 3.62. The molecule has 0 saturated heterocycles. The first kappa shape index (κ1) is 12.5. The zero-order valence-electron chi connectivity index (χ0n) is 9.91. The van der Waals surface area contributed by atoms with E-state index < -0.39 is 16.8 Å². The van der Waals surface area contributed by atoms with Crippen LogP contribution in [0.25, 0.3) is 0 Å². The topological polar surface area (TPSA) is 80.4 Å². The van der Waals surface area contributed by atoms with Gasteiger partial charge in [-0.1, -0.05) is 31.0 Å². The summed E-state index contributed by atoms with van der Waals surface area (Å²) in [5.74, 6) is -1.59. The van der Waals surface area contributed by atoms with Gasteiger partial charge in [0.05, 0.1) is 10.8 Å². The summed E-state index contributed by atoms with van der Waals surface area (Å²) in [6, 6.07) is 6.48. The minimum Gasteiger partial charge on any atom is -0.481 e. The summed E-state index contributed by atoms with van der Waals surface area (Å²) in [6.45, 7) is 0. The molecule has 2 unspecified atom stereocenters. The molecule has 0 amide bonds. The summed E-state index contributed by atoms with van der Waals surface area (Å²) >= 11 is 0. The maximum Gasteiger partial charge on any atom is 0.307 e. The molecule has 5 nitrogen and oxygen atoms in total. The number of rotatable bonds is 3. The lowest BCUT2D eigenvalue weighted by molar-refractivity contribution is -0.385. The summed E-state index contributed by atoms with van der Waals surface area (Å²) in [5, 5.41) is 20.2. The van der Waals surface area contributed by atoms with Gasteiger partial charge in [-0.05, 0) is 12.8 Å². The molecule has 1 fully saturated rings. The van der Waals surface area contributed by atoms with Crippen LogP contribution in [0.3, 0.4) is 0 Å². The summed E-state index contributed by atoms with van der Waals surface area (Å²) in [7, 11) is 0. The van der Waals surface area contributed by atoms with E-state index in [1.54, 1.807) is 18.2 Å². The number of nitro groups is 1. The molecule has 1 N–H and O–H groups in total. The molecule has 0 aliphatic heterocycles. The Morgan fingerprint density at radius 3 is 2.61 bits per heavy atom. The van der Waals surface area contributed by atoms with Crippen LogP contribution < -0.4 is 0 Å². The van der Waals surface area contributed by atoms with Gasteiger partial charge in [0, 0.05) is 17.5 Å². The molecule has 1 saturated carbocycles. The Kier molecular flexibility index (Phi) is 3.60. The molecule has 1 aliphatic rings. The molecule has 0 heterocycles. The van der Waals surface area contributed by atoms with Crippen molar-refractivity contribution in [3.8, 4) is 0 Å². The molecular formula is C13H15NO4. The third kappa shape index (κ3) is 2.34. The molecule has 0 bridgehead atoms. The Bertz CT molecular complexity index is 472. The molecular weight excluding hydrogens is 234 g/mol. The predicted octanol–water partition coefficient (Wildman–Crippen LogP) is 2.95. The van der Waals surface area contributed by atoms with Crippen LogP contribution >= 0.6 is 0 Å². The van der Waals surface area contributed by atoms with Gasteiger partial charge in [-0.2, -0.15) is 0 Å². The molecule has 18 heavy (non-hydrogen) atoms. The highest BCUT2D eigenvalue weighted by Gasteiger charge is 2.35. The number of para-hydroxylation sites is 1. The fourth-order valence-corrected chi connectivity index (χ4v) is 2.77. The van der Waals surface area contributed by atoms with E-state index in [1.807, 2.05) is 0 Å². The first-order valence-corrected chi connectivity index (χ1v) is 6.07. The van der Waals surface area contributed by atoms with Crippen molar-refractivity contribution in [2.75, 3.05) is 0 Å². The fraction of sp³-hybridized carbons (Fsp3) is 0.462. The first-order chi connectivity index (χ1) is 8.61. The van der Waals surface area contributed by atoms with Crippen molar-refractivity contribution in [1.82, 2.24) is 0 Å². The van der Waals surface area contributed by atoms with Crippen LogP contribution in [0.15, 0.2) is 24.3 Å². The molecule has 0 radical (unpaired) electrons. The minimum atomic E-state index is -0.849. The SMILES string of the molecule is O=C(O)C1CCCCC1c1ccccc1[N+](=O)[O-]. The van der Waals surface area contributed by atoms with Gasteiger partial charge in [0.25, 0.3) is 5.69 Å². The predicted molar refractivity (Wildman–Crippen MR) is 65.4 cm³/mol. The van der Waals surface area contributed by atoms with Gasteiger partial charge in [0.2, 0.25) is 0 Å². The number of hydrogen-bond acceptors (Lipinski definition) is 3.